The lowest BCUT2D eigenvalue weighted by Gasteiger charge is -2.40. The van der Waals surface area contributed by atoms with Crippen LogP contribution in [0.3, 0.4) is 0 Å². The van der Waals surface area contributed by atoms with Gasteiger partial charge in [-0.2, -0.15) is 0 Å². The Hall–Kier alpha value is -1.02. The van der Waals surface area contributed by atoms with E-state index in [1.807, 2.05) is 0 Å². The van der Waals surface area contributed by atoms with Gasteiger partial charge in [-0.25, -0.2) is 0 Å². The van der Waals surface area contributed by atoms with Crippen molar-refractivity contribution < 1.29 is 0 Å². The second kappa shape index (κ2) is 6.62. The fourth-order valence-electron chi connectivity index (χ4n) is 3.16. The van der Waals surface area contributed by atoms with E-state index in [0.29, 0.717) is 18.0 Å². The average molecular weight is 274 g/mol. The van der Waals surface area contributed by atoms with Crippen molar-refractivity contribution in [2.45, 2.75) is 59.5 Å². The molecule has 1 unspecified atom stereocenters. The summed E-state index contributed by atoms with van der Waals surface area (Å²) in [5.74, 6) is 0.661. The summed E-state index contributed by atoms with van der Waals surface area (Å²) in [6.45, 7) is 13.6. The van der Waals surface area contributed by atoms with Crippen LogP contribution in [0.4, 0.5) is 5.69 Å². The third kappa shape index (κ3) is 3.54. The lowest BCUT2D eigenvalue weighted by molar-refractivity contribution is 0.404. The summed E-state index contributed by atoms with van der Waals surface area (Å²) in [6.07, 6.45) is 2.51. The quantitative estimate of drug-likeness (QED) is 0.879. The maximum atomic E-state index is 3.62. The number of hydrogen-bond donors (Lipinski definition) is 1. The van der Waals surface area contributed by atoms with E-state index >= 15 is 0 Å². The van der Waals surface area contributed by atoms with E-state index in [0.717, 1.165) is 6.54 Å². The van der Waals surface area contributed by atoms with Crippen molar-refractivity contribution in [1.29, 1.82) is 0 Å². The molecule has 1 aliphatic rings. The van der Waals surface area contributed by atoms with E-state index in [2.05, 4.69) is 63.0 Å². The zero-order valence-corrected chi connectivity index (χ0v) is 13.7. The minimum Gasteiger partial charge on any atom is -0.367 e. The van der Waals surface area contributed by atoms with Gasteiger partial charge < -0.3 is 10.2 Å². The second-order valence-electron chi connectivity index (χ2n) is 6.80. The van der Waals surface area contributed by atoms with Crippen molar-refractivity contribution in [3.63, 3.8) is 0 Å². The van der Waals surface area contributed by atoms with Crippen LogP contribution in [0, 0.1) is 12.8 Å². The summed E-state index contributed by atoms with van der Waals surface area (Å²) in [5, 5.41) is 3.62. The van der Waals surface area contributed by atoms with Gasteiger partial charge in [0.05, 0.1) is 0 Å². The predicted molar refractivity (Wildman–Crippen MR) is 88.6 cm³/mol. The monoisotopic (exact) mass is 274 g/mol. The first-order valence-electron chi connectivity index (χ1n) is 8.08. The molecule has 0 radical (unpaired) electrons. The van der Waals surface area contributed by atoms with Crippen LogP contribution >= 0.6 is 0 Å². The molecule has 0 aromatic heterocycles. The van der Waals surface area contributed by atoms with Gasteiger partial charge in [0, 0.05) is 30.9 Å². The van der Waals surface area contributed by atoms with Crippen molar-refractivity contribution in [3.05, 3.63) is 29.3 Å². The van der Waals surface area contributed by atoms with Gasteiger partial charge in [0.1, 0.15) is 0 Å². The second-order valence-corrected chi connectivity index (χ2v) is 6.80. The van der Waals surface area contributed by atoms with Gasteiger partial charge in [-0.15, -0.1) is 0 Å². The lowest BCUT2D eigenvalue weighted by atomic mass is 9.94. The highest BCUT2D eigenvalue weighted by Crippen LogP contribution is 2.31. The molecule has 1 heterocycles. The molecule has 0 spiro atoms. The molecular formula is C18H30N2. The van der Waals surface area contributed by atoms with Crippen LogP contribution in [0.25, 0.3) is 0 Å². The molecule has 0 aliphatic carbocycles. The molecule has 0 bridgehead atoms. The molecule has 2 heteroatoms. The van der Waals surface area contributed by atoms with Crippen LogP contribution < -0.4 is 10.2 Å². The molecule has 0 fully saturated rings. The third-order valence-corrected chi connectivity index (χ3v) is 4.29. The molecule has 1 N–H and O–H groups in total. The van der Waals surface area contributed by atoms with Gasteiger partial charge >= 0.3 is 0 Å². The largest absolute Gasteiger partial charge is 0.367 e. The van der Waals surface area contributed by atoms with Crippen molar-refractivity contribution in [2.24, 2.45) is 5.92 Å². The molecule has 0 saturated carbocycles. The molecule has 0 amide bonds. The van der Waals surface area contributed by atoms with E-state index in [1.165, 1.54) is 36.2 Å². The van der Waals surface area contributed by atoms with Gasteiger partial charge in [-0.1, -0.05) is 45.4 Å². The lowest BCUT2D eigenvalue weighted by Crippen LogP contribution is -2.49. The molecule has 2 rings (SSSR count). The zero-order chi connectivity index (χ0) is 14.7. The number of nitrogens with one attached hydrogen (secondary N) is 1. The van der Waals surface area contributed by atoms with Gasteiger partial charge in [0.2, 0.25) is 0 Å². The van der Waals surface area contributed by atoms with Gasteiger partial charge in [-0.05, 0) is 37.3 Å². The summed E-state index contributed by atoms with van der Waals surface area (Å²) in [7, 11) is 0. The minimum absolute atomic E-state index is 0.554. The Bertz CT molecular complexity index is 437. The molecule has 1 aliphatic heterocycles. The third-order valence-electron chi connectivity index (χ3n) is 4.29. The Kier molecular flexibility index (Phi) is 5.09. The first-order valence-corrected chi connectivity index (χ1v) is 8.08. The molecule has 0 saturated heterocycles. The number of aryl methyl sites for hydroxylation is 2. The maximum absolute atomic E-state index is 3.62. The zero-order valence-electron chi connectivity index (χ0n) is 13.7. The highest BCUT2D eigenvalue weighted by atomic mass is 15.2. The topological polar surface area (TPSA) is 15.3 Å². The first kappa shape index (κ1) is 15.4. The van der Waals surface area contributed by atoms with E-state index in [9.17, 15) is 0 Å². The number of rotatable bonds is 5. The molecule has 20 heavy (non-hydrogen) atoms. The average Bonchev–Trinajstić information content (AvgIpc) is 2.37. The van der Waals surface area contributed by atoms with E-state index in [4.69, 9.17) is 0 Å². The normalized spacial score (nSPS) is 16.6. The fourth-order valence-corrected chi connectivity index (χ4v) is 3.16. The van der Waals surface area contributed by atoms with Gasteiger partial charge in [0.15, 0.2) is 0 Å². The summed E-state index contributed by atoms with van der Waals surface area (Å²) >= 11 is 0. The van der Waals surface area contributed by atoms with E-state index in [1.54, 1.807) is 0 Å². The van der Waals surface area contributed by atoms with Crippen molar-refractivity contribution in [2.75, 3.05) is 18.0 Å². The van der Waals surface area contributed by atoms with E-state index < -0.39 is 0 Å². The Morgan fingerprint density at radius 2 is 1.95 bits per heavy atom. The number of benzene rings is 1. The number of hydrogen-bond acceptors (Lipinski definition) is 2. The van der Waals surface area contributed by atoms with Crippen LogP contribution in [0.2, 0.25) is 0 Å². The highest BCUT2D eigenvalue weighted by Gasteiger charge is 2.26. The fraction of sp³-hybridized carbons (Fsp3) is 0.667. The van der Waals surface area contributed by atoms with Crippen molar-refractivity contribution in [1.82, 2.24) is 5.32 Å². The number of anilines is 1. The molecular weight excluding hydrogens is 244 g/mol. The van der Waals surface area contributed by atoms with Gasteiger partial charge in [0.25, 0.3) is 0 Å². The Labute approximate surface area is 124 Å². The SMILES string of the molecule is Cc1ccc2c(c1)CCCN2C(CNC(C)C)C(C)C. The summed E-state index contributed by atoms with van der Waals surface area (Å²) in [4.78, 5) is 2.64. The number of fused-ring (bicyclic) bond motifs is 1. The summed E-state index contributed by atoms with van der Waals surface area (Å²) in [5.41, 5.74) is 4.38. The van der Waals surface area contributed by atoms with Crippen LogP contribution in [-0.4, -0.2) is 25.2 Å². The molecule has 112 valence electrons. The van der Waals surface area contributed by atoms with Crippen LogP contribution in [0.1, 0.15) is 45.2 Å². The molecule has 1 aromatic rings. The smallest absolute Gasteiger partial charge is 0.0437 e. The highest BCUT2D eigenvalue weighted by molar-refractivity contribution is 5.57. The standard InChI is InChI=1S/C18H30N2/c1-13(2)18(12-19-14(3)4)20-10-6-7-16-11-15(5)8-9-17(16)20/h8-9,11,13-14,18-19H,6-7,10,12H2,1-5H3. The maximum Gasteiger partial charge on any atom is 0.0437 e. The molecule has 2 nitrogen and oxygen atoms in total. The van der Waals surface area contributed by atoms with E-state index in [-0.39, 0.29) is 0 Å². The van der Waals surface area contributed by atoms with Gasteiger partial charge in [-0.3, -0.25) is 0 Å². The Balaban J connectivity index is 2.22. The first-order chi connectivity index (χ1) is 9.49. The Morgan fingerprint density at radius 1 is 1.20 bits per heavy atom. The Morgan fingerprint density at radius 3 is 2.60 bits per heavy atom. The summed E-state index contributed by atoms with van der Waals surface area (Å²) in [6, 6.07) is 8.09. The van der Waals surface area contributed by atoms with Crippen LogP contribution in [0.5, 0.6) is 0 Å². The van der Waals surface area contributed by atoms with Crippen molar-refractivity contribution >= 4 is 5.69 Å². The van der Waals surface area contributed by atoms with Crippen LogP contribution in [-0.2, 0) is 6.42 Å². The molecule has 1 atom stereocenters. The van der Waals surface area contributed by atoms with Crippen LogP contribution in [0.15, 0.2) is 18.2 Å². The molecule has 1 aromatic carbocycles. The number of nitrogens with zero attached hydrogens (tertiary/aromatic N) is 1. The van der Waals surface area contributed by atoms with Crippen molar-refractivity contribution in [3.8, 4) is 0 Å². The summed E-state index contributed by atoms with van der Waals surface area (Å²) < 4.78 is 0. The predicted octanol–water partition coefficient (Wildman–Crippen LogP) is 3.77. The minimum atomic E-state index is 0.554.